The number of allylic oxidation sites excluding steroid dienone is 2. The van der Waals surface area contributed by atoms with Crippen LogP contribution in [0.25, 0.3) is 0 Å². The van der Waals surface area contributed by atoms with E-state index in [1.807, 2.05) is 25.1 Å². The summed E-state index contributed by atoms with van der Waals surface area (Å²) in [5.41, 5.74) is 0.974. The highest BCUT2D eigenvalue weighted by atomic mass is 16.5. The summed E-state index contributed by atoms with van der Waals surface area (Å²) in [5, 5.41) is 0. The van der Waals surface area contributed by atoms with Crippen LogP contribution >= 0.6 is 0 Å². The van der Waals surface area contributed by atoms with Crippen molar-refractivity contribution in [2.75, 3.05) is 6.61 Å². The molecule has 0 bridgehead atoms. The average molecular weight is 542 g/mol. The van der Waals surface area contributed by atoms with E-state index in [1.165, 1.54) is 36.6 Å². The highest BCUT2D eigenvalue weighted by Gasteiger charge is 2.53. The second kappa shape index (κ2) is 11.5. The monoisotopic (exact) mass is 541 g/mol. The van der Waals surface area contributed by atoms with E-state index in [0.29, 0.717) is 6.42 Å². The Morgan fingerprint density at radius 3 is 2.40 bits per heavy atom. The number of rotatable bonds is 9. The molecule has 3 aromatic rings. The number of fused-ring (bicyclic) bond motifs is 1. The van der Waals surface area contributed by atoms with Crippen molar-refractivity contribution < 1.29 is 37.9 Å². The Labute approximate surface area is 230 Å². The van der Waals surface area contributed by atoms with Crippen LogP contribution in [0.5, 0.6) is 5.75 Å². The Balaban J connectivity index is 1.27. The summed E-state index contributed by atoms with van der Waals surface area (Å²) >= 11 is 0. The summed E-state index contributed by atoms with van der Waals surface area (Å²) in [6.45, 7) is 1.30. The fourth-order valence-corrected chi connectivity index (χ4v) is 5.17. The number of hydrogen-bond donors (Lipinski definition) is 0. The third-order valence-electron chi connectivity index (χ3n) is 7.22. The van der Waals surface area contributed by atoms with Gasteiger partial charge in [0.05, 0.1) is 18.1 Å². The molecule has 204 valence electrons. The van der Waals surface area contributed by atoms with E-state index in [-0.39, 0.29) is 29.4 Å². The second-order valence-electron chi connectivity index (χ2n) is 9.83. The molecule has 1 aliphatic carbocycles. The maximum Gasteiger partial charge on any atom is 0.379 e. The number of furan rings is 1. The lowest BCUT2D eigenvalue weighted by atomic mass is 9.78. The predicted molar refractivity (Wildman–Crippen MR) is 141 cm³/mol. The molecule has 5 rings (SSSR count). The molecule has 2 aliphatic rings. The summed E-state index contributed by atoms with van der Waals surface area (Å²) in [7, 11) is 0. The van der Waals surface area contributed by atoms with Crippen molar-refractivity contribution in [3.05, 3.63) is 102 Å². The van der Waals surface area contributed by atoms with Gasteiger partial charge in [0.15, 0.2) is 12.4 Å². The first-order chi connectivity index (χ1) is 19.3. The minimum absolute atomic E-state index is 0.0389. The van der Waals surface area contributed by atoms with Crippen molar-refractivity contribution in [2.45, 2.75) is 25.8 Å². The van der Waals surface area contributed by atoms with Gasteiger partial charge in [-0.1, -0.05) is 49.4 Å². The van der Waals surface area contributed by atoms with Crippen LogP contribution in [0.3, 0.4) is 0 Å². The van der Waals surface area contributed by atoms with Gasteiger partial charge < -0.3 is 13.9 Å². The first kappa shape index (κ1) is 26.8. The van der Waals surface area contributed by atoms with Crippen molar-refractivity contribution >= 4 is 29.5 Å². The van der Waals surface area contributed by atoms with Crippen molar-refractivity contribution in [3.8, 4) is 5.75 Å². The van der Waals surface area contributed by atoms with Gasteiger partial charge in [0.2, 0.25) is 17.6 Å². The van der Waals surface area contributed by atoms with Gasteiger partial charge in [0, 0.05) is 12.0 Å². The van der Waals surface area contributed by atoms with Crippen LogP contribution in [0.2, 0.25) is 0 Å². The number of ether oxygens (including phenoxy) is 2. The van der Waals surface area contributed by atoms with Crippen LogP contribution in [-0.2, 0) is 25.5 Å². The molecular formula is C31H27NO8. The van der Waals surface area contributed by atoms with Crippen LogP contribution in [0.15, 0.2) is 89.6 Å². The molecule has 9 nitrogen and oxygen atoms in total. The minimum atomic E-state index is -1.20. The van der Waals surface area contributed by atoms with Crippen molar-refractivity contribution in [3.63, 3.8) is 0 Å². The number of carbonyl (C=O) groups is 5. The van der Waals surface area contributed by atoms with Crippen LogP contribution in [0.4, 0.5) is 0 Å². The number of amides is 2. The lowest BCUT2D eigenvalue weighted by Crippen LogP contribution is -2.48. The third-order valence-corrected chi connectivity index (χ3v) is 7.22. The van der Waals surface area contributed by atoms with Gasteiger partial charge in [0.1, 0.15) is 11.8 Å². The number of hydrogen-bond acceptors (Lipinski definition) is 8. The van der Waals surface area contributed by atoms with Crippen molar-refractivity contribution in [1.82, 2.24) is 4.90 Å². The number of nitrogens with zero attached hydrogens (tertiary/aromatic N) is 1. The van der Waals surface area contributed by atoms with Gasteiger partial charge >= 0.3 is 11.9 Å². The molecular weight excluding hydrogens is 514 g/mol. The zero-order valence-electron chi connectivity index (χ0n) is 21.7. The van der Waals surface area contributed by atoms with Crippen LogP contribution in [0, 0.1) is 17.8 Å². The molecule has 0 spiro atoms. The first-order valence-electron chi connectivity index (χ1n) is 13.0. The molecule has 2 aromatic carbocycles. The van der Waals surface area contributed by atoms with Crippen molar-refractivity contribution in [2.24, 2.45) is 17.8 Å². The number of Topliss-reactive ketones (excluding diaryl/α,β-unsaturated/α-hetero) is 1. The summed E-state index contributed by atoms with van der Waals surface area (Å²) in [6, 6.07) is 16.6. The lowest BCUT2D eigenvalue weighted by molar-refractivity contribution is -0.158. The molecule has 9 heteroatoms. The first-order valence-corrected chi connectivity index (χ1v) is 13.0. The zero-order chi connectivity index (χ0) is 28.2. The molecule has 1 aromatic heterocycles. The fourth-order valence-electron chi connectivity index (χ4n) is 5.17. The molecule has 0 saturated carbocycles. The Hall–Kier alpha value is -4.79. The average Bonchev–Trinajstić information content (AvgIpc) is 3.59. The number of imide groups is 1. The fraction of sp³-hybridized carbons (Fsp3) is 0.258. The van der Waals surface area contributed by atoms with E-state index < -0.39 is 54.0 Å². The number of esters is 2. The third kappa shape index (κ3) is 5.49. The molecule has 1 aliphatic heterocycles. The maximum absolute atomic E-state index is 13.4. The SMILES string of the molecule is CC1C=CCC2C(=O)N(C(Cc3ccccc3)C(=O)OCC(=O)c3ccc(OC(=O)c4ccco4)cc3)C(=O)C12. The van der Waals surface area contributed by atoms with E-state index in [1.54, 1.807) is 30.3 Å². The van der Waals surface area contributed by atoms with Crippen LogP contribution < -0.4 is 4.74 Å². The number of ketones is 1. The molecule has 0 N–H and O–H groups in total. The van der Waals surface area contributed by atoms with Gasteiger partial charge in [-0.15, -0.1) is 0 Å². The summed E-state index contributed by atoms with van der Waals surface area (Å²) in [5.74, 6) is -3.72. The minimum Gasteiger partial charge on any atom is -0.457 e. The molecule has 1 saturated heterocycles. The maximum atomic E-state index is 13.4. The Morgan fingerprint density at radius 2 is 1.73 bits per heavy atom. The number of carbonyl (C=O) groups excluding carboxylic acids is 5. The molecule has 2 heterocycles. The second-order valence-corrected chi connectivity index (χ2v) is 9.83. The molecule has 2 amide bonds. The van der Waals surface area contributed by atoms with Gasteiger partial charge in [-0.05, 0) is 54.3 Å². The smallest absolute Gasteiger partial charge is 0.379 e. The van der Waals surface area contributed by atoms with Gasteiger partial charge in [-0.3, -0.25) is 19.3 Å². The number of benzene rings is 2. The highest BCUT2D eigenvalue weighted by Crippen LogP contribution is 2.39. The summed E-state index contributed by atoms with van der Waals surface area (Å²) < 4.78 is 15.6. The zero-order valence-corrected chi connectivity index (χ0v) is 21.7. The van der Waals surface area contributed by atoms with Gasteiger partial charge in [-0.25, -0.2) is 9.59 Å². The summed E-state index contributed by atoms with van der Waals surface area (Å²) in [4.78, 5) is 65.9. The van der Waals surface area contributed by atoms with Gasteiger partial charge in [0.25, 0.3) is 0 Å². The standard InChI is InChI=1S/C31H27NO8/c1-19-7-5-10-23-27(19)29(35)32(28(23)34)24(17-20-8-3-2-4-9-20)30(36)39-18-25(33)21-12-14-22(15-13-21)40-31(37)26-11-6-16-38-26/h2-9,11-16,19,23-24,27H,10,17-18H2,1H3. The van der Waals surface area contributed by atoms with Crippen LogP contribution in [-0.4, -0.2) is 47.1 Å². The summed E-state index contributed by atoms with van der Waals surface area (Å²) in [6.07, 6.45) is 5.68. The largest absolute Gasteiger partial charge is 0.457 e. The Bertz CT molecular complexity index is 1440. The van der Waals surface area contributed by atoms with E-state index in [9.17, 15) is 24.0 Å². The predicted octanol–water partition coefficient (Wildman–Crippen LogP) is 4.03. The quantitative estimate of drug-likeness (QED) is 0.131. The van der Waals surface area contributed by atoms with E-state index in [4.69, 9.17) is 13.9 Å². The van der Waals surface area contributed by atoms with E-state index in [2.05, 4.69) is 0 Å². The molecule has 40 heavy (non-hydrogen) atoms. The van der Waals surface area contributed by atoms with E-state index in [0.717, 1.165) is 10.5 Å². The van der Waals surface area contributed by atoms with Gasteiger partial charge in [-0.2, -0.15) is 0 Å². The van der Waals surface area contributed by atoms with E-state index >= 15 is 0 Å². The molecule has 4 unspecified atom stereocenters. The number of likely N-dealkylation sites (tertiary alicyclic amines) is 1. The molecule has 1 fully saturated rings. The lowest BCUT2D eigenvalue weighted by Gasteiger charge is -2.25. The van der Waals surface area contributed by atoms with Crippen LogP contribution in [0.1, 0.15) is 39.8 Å². The Morgan fingerprint density at radius 1 is 0.975 bits per heavy atom. The highest BCUT2D eigenvalue weighted by molar-refractivity contribution is 6.08. The Kier molecular flexibility index (Phi) is 7.72. The van der Waals surface area contributed by atoms with Crippen molar-refractivity contribution in [1.29, 1.82) is 0 Å². The topological polar surface area (TPSA) is 120 Å². The normalized spacial score (nSPS) is 20.6. The molecule has 0 radical (unpaired) electrons. The molecule has 4 atom stereocenters.